The van der Waals surface area contributed by atoms with Gasteiger partial charge in [-0.15, -0.1) is 0 Å². The summed E-state index contributed by atoms with van der Waals surface area (Å²) in [4.78, 5) is 0. The molecule has 106 valence electrons. The van der Waals surface area contributed by atoms with Gasteiger partial charge in [-0.05, 0) is 46.5 Å². The summed E-state index contributed by atoms with van der Waals surface area (Å²) < 4.78 is 6.05. The van der Waals surface area contributed by atoms with Crippen LogP contribution in [0.5, 0.6) is 5.75 Å². The summed E-state index contributed by atoms with van der Waals surface area (Å²) >= 11 is 3.44. The fraction of sp³-hybridized carbons (Fsp3) is 0.600. The van der Waals surface area contributed by atoms with Gasteiger partial charge in [0.25, 0.3) is 0 Å². The van der Waals surface area contributed by atoms with Crippen LogP contribution in [0.3, 0.4) is 0 Å². The lowest BCUT2D eigenvalue weighted by Crippen LogP contribution is -2.45. The van der Waals surface area contributed by atoms with Crippen LogP contribution >= 0.6 is 15.9 Å². The van der Waals surface area contributed by atoms with Crippen molar-refractivity contribution in [2.24, 2.45) is 0 Å². The third-order valence-corrected chi connectivity index (χ3v) is 4.60. The molecular weight excluding hydrogens is 308 g/mol. The van der Waals surface area contributed by atoms with E-state index in [0.29, 0.717) is 19.3 Å². The van der Waals surface area contributed by atoms with Crippen LogP contribution in [-0.4, -0.2) is 29.0 Å². The van der Waals surface area contributed by atoms with E-state index in [2.05, 4.69) is 15.9 Å². The largest absolute Gasteiger partial charge is 0.496 e. The Morgan fingerprint density at radius 2 is 2.00 bits per heavy atom. The van der Waals surface area contributed by atoms with Crippen molar-refractivity contribution in [3.63, 3.8) is 0 Å². The van der Waals surface area contributed by atoms with Crippen LogP contribution in [0.4, 0.5) is 0 Å². The van der Waals surface area contributed by atoms with Crippen LogP contribution in [0.25, 0.3) is 0 Å². The van der Waals surface area contributed by atoms with E-state index in [1.807, 2.05) is 18.2 Å². The summed E-state index contributed by atoms with van der Waals surface area (Å²) in [5, 5.41) is 20.8. The topological polar surface area (TPSA) is 49.7 Å². The number of aliphatic hydroxyl groups is 2. The van der Waals surface area contributed by atoms with Gasteiger partial charge >= 0.3 is 0 Å². The van der Waals surface area contributed by atoms with E-state index < -0.39 is 11.7 Å². The zero-order valence-electron chi connectivity index (χ0n) is 11.2. The van der Waals surface area contributed by atoms with E-state index in [-0.39, 0.29) is 0 Å². The Labute approximate surface area is 122 Å². The van der Waals surface area contributed by atoms with Gasteiger partial charge in [-0.1, -0.05) is 25.3 Å². The molecule has 0 aliphatic heterocycles. The van der Waals surface area contributed by atoms with Crippen LogP contribution in [-0.2, 0) is 6.42 Å². The maximum atomic E-state index is 10.5. The Morgan fingerprint density at radius 3 is 2.58 bits per heavy atom. The molecule has 1 fully saturated rings. The monoisotopic (exact) mass is 328 g/mol. The molecule has 0 bridgehead atoms. The minimum atomic E-state index is -0.912. The molecule has 0 amide bonds. The van der Waals surface area contributed by atoms with Crippen molar-refractivity contribution in [3.05, 3.63) is 28.2 Å². The Hall–Kier alpha value is -0.580. The number of rotatable bonds is 4. The zero-order chi connectivity index (χ0) is 13.9. The number of hydrogen-bond donors (Lipinski definition) is 2. The second-order valence-corrected chi connectivity index (χ2v) is 6.21. The SMILES string of the molecule is COc1ccc(CC(O)C2(O)CCCCC2)cc1Br. The molecule has 1 aliphatic rings. The predicted molar refractivity (Wildman–Crippen MR) is 78.4 cm³/mol. The Kier molecular flexibility index (Phi) is 4.87. The van der Waals surface area contributed by atoms with Gasteiger partial charge < -0.3 is 14.9 Å². The molecule has 0 saturated heterocycles. The molecule has 1 aliphatic carbocycles. The molecule has 3 nitrogen and oxygen atoms in total. The minimum absolute atomic E-state index is 0.471. The average Bonchev–Trinajstić information content (AvgIpc) is 2.40. The maximum absolute atomic E-state index is 10.5. The molecule has 1 unspecified atom stereocenters. The molecule has 2 rings (SSSR count). The summed E-state index contributed by atoms with van der Waals surface area (Å²) in [6, 6.07) is 5.74. The number of ether oxygens (including phenoxy) is 1. The molecule has 19 heavy (non-hydrogen) atoms. The normalized spacial score (nSPS) is 20.0. The molecule has 1 atom stereocenters. The number of benzene rings is 1. The van der Waals surface area contributed by atoms with Gasteiger partial charge in [0, 0.05) is 6.42 Å². The van der Waals surface area contributed by atoms with Crippen LogP contribution in [0.1, 0.15) is 37.7 Å². The highest BCUT2D eigenvalue weighted by molar-refractivity contribution is 9.10. The van der Waals surface area contributed by atoms with Crippen molar-refractivity contribution in [1.29, 1.82) is 0 Å². The van der Waals surface area contributed by atoms with E-state index in [1.54, 1.807) is 7.11 Å². The second kappa shape index (κ2) is 6.25. The molecular formula is C15H21BrO3. The fourth-order valence-corrected chi connectivity index (χ4v) is 3.34. The van der Waals surface area contributed by atoms with Gasteiger partial charge in [-0.2, -0.15) is 0 Å². The highest BCUT2D eigenvalue weighted by atomic mass is 79.9. The van der Waals surface area contributed by atoms with Crippen molar-refractivity contribution in [2.75, 3.05) is 7.11 Å². The highest BCUT2D eigenvalue weighted by Gasteiger charge is 2.36. The van der Waals surface area contributed by atoms with Gasteiger partial charge in [-0.3, -0.25) is 0 Å². The van der Waals surface area contributed by atoms with Crippen molar-refractivity contribution in [3.8, 4) is 5.75 Å². The third kappa shape index (κ3) is 3.50. The average molecular weight is 329 g/mol. The first-order chi connectivity index (χ1) is 9.05. The molecule has 2 N–H and O–H groups in total. The van der Waals surface area contributed by atoms with Crippen LogP contribution < -0.4 is 4.74 Å². The Balaban J connectivity index is 2.05. The Morgan fingerprint density at radius 1 is 1.32 bits per heavy atom. The van der Waals surface area contributed by atoms with Crippen LogP contribution in [0.2, 0.25) is 0 Å². The number of halogens is 1. The fourth-order valence-electron chi connectivity index (χ4n) is 2.75. The predicted octanol–water partition coefficient (Wildman–Crippen LogP) is 3.06. The molecule has 0 spiro atoms. The van der Waals surface area contributed by atoms with E-state index >= 15 is 0 Å². The van der Waals surface area contributed by atoms with Crippen molar-refractivity contribution in [2.45, 2.75) is 50.2 Å². The standard InChI is InChI=1S/C15H21BrO3/c1-19-13-6-5-11(9-12(13)16)10-14(17)15(18)7-3-2-4-8-15/h5-6,9,14,17-18H,2-4,7-8,10H2,1H3. The lowest BCUT2D eigenvalue weighted by atomic mass is 9.79. The zero-order valence-corrected chi connectivity index (χ0v) is 12.8. The first-order valence-electron chi connectivity index (χ1n) is 6.78. The molecule has 1 aromatic rings. The molecule has 4 heteroatoms. The van der Waals surface area contributed by atoms with E-state index in [1.165, 1.54) is 0 Å². The molecule has 1 aromatic carbocycles. The van der Waals surface area contributed by atoms with Crippen molar-refractivity contribution >= 4 is 15.9 Å². The summed E-state index contributed by atoms with van der Waals surface area (Å²) in [5.74, 6) is 0.773. The van der Waals surface area contributed by atoms with Gasteiger partial charge in [0.1, 0.15) is 5.75 Å². The number of aliphatic hydroxyl groups excluding tert-OH is 1. The third-order valence-electron chi connectivity index (χ3n) is 3.98. The molecule has 0 radical (unpaired) electrons. The lowest BCUT2D eigenvalue weighted by molar-refractivity contribution is -0.0960. The first-order valence-corrected chi connectivity index (χ1v) is 7.57. The molecule has 1 saturated carbocycles. The highest BCUT2D eigenvalue weighted by Crippen LogP contribution is 2.33. The first kappa shape index (κ1) is 14.8. The van der Waals surface area contributed by atoms with Gasteiger partial charge in [0.2, 0.25) is 0 Å². The molecule has 0 aromatic heterocycles. The Bertz CT molecular complexity index is 427. The van der Waals surface area contributed by atoms with E-state index in [9.17, 15) is 10.2 Å². The summed E-state index contributed by atoms with van der Waals surface area (Å²) in [6.45, 7) is 0. The van der Waals surface area contributed by atoms with E-state index in [4.69, 9.17) is 4.74 Å². The lowest BCUT2D eigenvalue weighted by Gasteiger charge is -2.36. The van der Waals surface area contributed by atoms with Crippen molar-refractivity contribution < 1.29 is 14.9 Å². The maximum Gasteiger partial charge on any atom is 0.133 e. The summed E-state index contributed by atoms with van der Waals surface area (Å²) in [6.07, 6.45) is 4.33. The van der Waals surface area contributed by atoms with Crippen molar-refractivity contribution in [1.82, 2.24) is 0 Å². The van der Waals surface area contributed by atoms with Crippen LogP contribution in [0, 0.1) is 0 Å². The van der Waals surface area contributed by atoms with Gasteiger partial charge in [-0.25, -0.2) is 0 Å². The number of hydrogen-bond acceptors (Lipinski definition) is 3. The molecule has 0 heterocycles. The number of methoxy groups -OCH3 is 1. The van der Waals surface area contributed by atoms with Crippen LogP contribution in [0.15, 0.2) is 22.7 Å². The van der Waals surface area contributed by atoms with E-state index in [0.717, 1.165) is 35.0 Å². The van der Waals surface area contributed by atoms with Gasteiger partial charge in [0.05, 0.1) is 23.3 Å². The second-order valence-electron chi connectivity index (χ2n) is 5.35. The minimum Gasteiger partial charge on any atom is -0.496 e. The summed E-state index contributed by atoms with van der Waals surface area (Å²) in [7, 11) is 1.62. The quantitative estimate of drug-likeness (QED) is 0.893. The smallest absolute Gasteiger partial charge is 0.133 e. The van der Waals surface area contributed by atoms with Gasteiger partial charge in [0.15, 0.2) is 0 Å². The summed E-state index contributed by atoms with van der Waals surface area (Å²) in [5.41, 5.74) is 0.0872.